The summed E-state index contributed by atoms with van der Waals surface area (Å²) in [6.45, 7) is 2.85. The van der Waals surface area contributed by atoms with Gasteiger partial charge in [-0.15, -0.1) is 0 Å². The van der Waals surface area contributed by atoms with Crippen molar-refractivity contribution >= 4 is 17.3 Å². The Bertz CT molecular complexity index is 477. The van der Waals surface area contributed by atoms with Gasteiger partial charge in [-0.05, 0) is 6.42 Å². The zero-order chi connectivity index (χ0) is 15.0. The van der Waals surface area contributed by atoms with E-state index in [2.05, 4.69) is 10.6 Å². The van der Waals surface area contributed by atoms with Crippen molar-refractivity contribution in [2.24, 2.45) is 0 Å². The Labute approximate surface area is 117 Å². The van der Waals surface area contributed by atoms with Crippen LogP contribution in [0, 0.1) is 10.1 Å². The number of hydrogen-bond acceptors (Lipinski definition) is 5. The summed E-state index contributed by atoms with van der Waals surface area (Å²) in [6.07, 6.45) is 1.12. The molecule has 0 saturated carbocycles. The van der Waals surface area contributed by atoms with Gasteiger partial charge in [-0.1, -0.05) is 6.92 Å². The lowest BCUT2D eigenvalue weighted by Crippen LogP contribution is -2.20. The van der Waals surface area contributed by atoms with E-state index in [1.54, 1.807) is 13.1 Å². The summed E-state index contributed by atoms with van der Waals surface area (Å²) in [5.41, 5.74) is 0.523. The van der Waals surface area contributed by atoms with E-state index in [9.17, 15) is 14.9 Å². The summed E-state index contributed by atoms with van der Waals surface area (Å²) in [7, 11) is 1.56. The first-order chi connectivity index (χ1) is 9.56. The Morgan fingerprint density at radius 3 is 2.75 bits per heavy atom. The van der Waals surface area contributed by atoms with E-state index < -0.39 is 4.92 Å². The highest BCUT2D eigenvalue weighted by atomic mass is 16.6. The first-order valence-electron chi connectivity index (χ1n) is 6.43. The molecule has 0 fully saturated rings. The van der Waals surface area contributed by atoms with Crippen LogP contribution in [0.4, 0.5) is 11.4 Å². The number of carbonyl (C=O) groups excluding carboxylic acids is 1. The maximum atomic E-state index is 11.1. The number of amides is 1. The lowest BCUT2D eigenvalue weighted by atomic mass is 10.2. The minimum atomic E-state index is -0.470. The molecule has 7 heteroatoms. The highest BCUT2D eigenvalue weighted by molar-refractivity contribution is 5.76. The summed E-state index contributed by atoms with van der Waals surface area (Å²) in [6, 6.07) is 4.49. The van der Waals surface area contributed by atoms with Crippen molar-refractivity contribution in [1.29, 1.82) is 0 Å². The number of nitrogens with one attached hydrogen (secondary N) is 2. The average molecular weight is 281 g/mol. The molecule has 0 aliphatic rings. The molecule has 1 aromatic rings. The van der Waals surface area contributed by atoms with Crippen LogP contribution in [0.1, 0.15) is 19.8 Å². The molecule has 2 N–H and O–H groups in total. The van der Waals surface area contributed by atoms with Crippen LogP contribution in [0.2, 0.25) is 0 Å². The number of hydrogen-bond donors (Lipinski definition) is 2. The minimum absolute atomic E-state index is 0.0407. The van der Waals surface area contributed by atoms with Gasteiger partial charge in [0.05, 0.1) is 17.6 Å². The second kappa shape index (κ2) is 7.98. The van der Waals surface area contributed by atoms with Crippen LogP contribution in [0.15, 0.2) is 18.2 Å². The second-order valence-corrected chi connectivity index (χ2v) is 4.17. The standard InChI is InChI=1S/C13H19N3O4/c1-3-6-20-12-8-10(7-11(9-12)16(18)19)15-5-4-13(17)14-2/h7-9,15H,3-6H2,1-2H3,(H,14,17). The highest BCUT2D eigenvalue weighted by Crippen LogP contribution is 2.26. The Kier molecular flexibility index (Phi) is 6.28. The Morgan fingerprint density at radius 1 is 1.40 bits per heavy atom. The molecule has 0 heterocycles. The van der Waals surface area contributed by atoms with Crippen LogP contribution in [-0.2, 0) is 4.79 Å². The molecular formula is C13H19N3O4. The SMILES string of the molecule is CCCOc1cc(NCCC(=O)NC)cc([N+](=O)[O-])c1. The van der Waals surface area contributed by atoms with E-state index in [1.807, 2.05) is 6.92 Å². The minimum Gasteiger partial charge on any atom is -0.493 e. The number of anilines is 1. The van der Waals surface area contributed by atoms with Gasteiger partial charge in [0.1, 0.15) is 5.75 Å². The van der Waals surface area contributed by atoms with Gasteiger partial charge < -0.3 is 15.4 Å². The third-order valence-electron chi connectivity index (χ3n) is 2.53. The van der Waals surface area contributed by atoms with Gasteiger partial charge in [-0.2, -0.15) is 0 Å². The van der Waals surface area contributed by atoms with Gasteiger partial charge >= 0.3 is 0 Å². The fourth-order valence-electron chi connectivity index (χ4n) is 1.54. The lowest BCUT2D eigenvalue weighted by Gasteiger charge is -2.09. The number of non-ortho nitro benzene ring substituents is 1. The molecule has 0 aliphatic carbocycles. The molecule has 1 amide bonds. The van der Waals surface area contributed by atoms with Crippen LogP contribution in [0.5, 0.6) is 5.75 Å². The van der Waals surface area contributed by atoms with E-state index in [4.69, 9.17) is 4.74 Å². The molecule has 0 saturated heterocycles. The van der Waals surface area contributed by atoms with E-state index in [0.29, 0.717) is 31.0 Å². The van der Waals surface area contributed by atoms with Gasteiger partial charge in [0.15, 0.2) is 0 Å². The number of rotatable bonds is 8. The number of nitro groups is 1. The average Bonchev–Trinajstić information content (AvgIpc) is 2.44. The predicted octanol–water partition coefficient (Wildman–Crippen LogP) is 1.93. The molecule has 0 atom stereocenters. The van der Waals surface area contributed by atoms with Crippen molar-refractivity contribution in [2.75, 3.05) is 25.5 Å². The zero-order valence-electron chi connectivity index (χ0n) is 11.6. The molecular weight excluding hydrogens is 262 g/mol. The number of benzene rings is 1. The van der Waals surface area contributed by atoms with Gasteiger partial charge in [0.2, 0.25) is 5.91 Å². The van der Waals surface area contributed by atoms with E-state index in [-0.39, 0.29) is 11.6 Å². The lowest BCUT2D eigenvalue weighted by molar-refractivity contribution is -0.384. The fraction of sp³-hybridized carbons (Fsp3) is 0.462. The molecule has 0 bridgehead atoms. The zero-order valence-corrected chi connectivity index (χ0v) is 11.6. The third kappa shape index (κ3) is 5.13. The van der Waals surface area contributed by atoms with Crippen LogP contribution in [0.3, 0.4) is 0 Å². The number of ether oxygens (including phenoxy) is 1. The third-order valence-corrected chi connectivity index (χ3v) is 2.53. The first kappa shape index (κ1) is 15.7. The summed E-state index contributed by atoms with van der Waals surface area (Å²) in [4.78, 5) is 21.5. The van der Waals surface area contributed by atoms with Crippen LogP contribution < -0.4 is 15.4 Å². The van der Waals surface area contributed by atoms with Crippen molar-refractivity contribution in [1.82, 2.24) is 5.32 Å². The van der Waals surface area contributed by atoms with E-state index in [0.717, 1.165) is 6.42 Å². The summed E-state index contributed by atoms with van der Waals surface area (Å²) in [5, 5.41) is 16.4. The van der Waals surface area contributed by atoms with Gasteiger partial charge in [-0.3, -0.25) is 14.9 Å². The Hall–Kier alpha value is -2.31. The predicted molar refractivity (Wildman–Crippen MR) is 76.1 cm³/mol. The Morgan fingerprint density at radius 2 is 2.15 bits per heavy atom. The summed E-state index contributed by atoms with van der Waals surface area (Å²) in [5.74, 6) is 0.355. The summed E-state index contributed by atoms with van der Waals surface area (Å²) < 4.78 is 5.41. The Balaban J connectivity index is 2.75. The van der Waals surface area contributed by atoms with Crippen molar-refractivity contribution in [3.63, 3.8) is 0 Å². The number of nitrogens with zero attached hydrogens (tertiary/aromatic N) is 1. The van der Waals surface area contributed by atoms with E-state index >= 15 is 0 Å². The molecule has 110 valence electrons. The molecule has 7 nitrogen and oxygen atoms in total. The molecule has 0 spiro atoms. The molecule has 0 unspecified atom stereocenters. The molecule has 1 rings (SSSR count). The van der Waals surface area contributed by atoms with Crippen LogP contribution >= 0.6 is 0 Å². The molecule has 0 radical (unpaired) electrons. The van der Waals surface area contributed by atoms with Crippen LogP contribution in [0.25, 0.3) is 0 Å². The fourth-order valence-corrected chi connectivity index (χ4v) is 1.54. The summed E-state index contributed by atoms with van der Waals surface area (Å²) >= 11 is 0. The van der Waals surface area contributed by atoms with Gasteiger partial charge in [0.25, 0.3) is 5.69 Å². The van der Waals surface area contributed by atoms with Crippen molar-refractivity contribution < 1.29 is 14.5 Å². The highest BCUT2D eigenvalue weighted by Gasteiger charge is 2.10. The first-order valence-corrected chi connectivity index (χ1v) is 6.43. The van der Waals surface area contributed by atoms with Crippen molar-refractivity contribution in [2.45, 2.75) is 19.8 Å². The molecule has 1 aromatic carbocycles. The van der Waals surface area contributed by atoms with E-state index in [1.165, 1.54) is 12.1 Å². The molecule has 0 aromatic heterocycles. The molecule has 20 heavy (non-hydrogen) atoms. The smallest absolute Gasteiger partial charge is 0.275 e. The topological polar surface area (TPSA) is 93.5 Å². The van der Waals surface area contributed by atoms with Gasteiger partial charge in [0, 0.05) is 37.8 Å². The monoisotopic (exact) mass is 281 g/mol. The maximum absolute atomic E-state index is 11.1. The van der Waals surface area contributed by atoms with Crippen LogP contribution in [-0.4, -0.2) is 31.0 Å². The normalized spacial score (nSPS) is 9.90. The van der Waals surface area contributed by atoms with Crippen molar-refractivity contribution in [3.8, 4) is 5.75 Å². The number of carbonyl (C=O) groups is 1. The largest absolute Gasteiger partial charge is 0.493 e. The quantitative estimate of drug-likeness (QED) is 0.561. The second-order valence-electron chi connectivity index (χ2n) is 4.17. The van der Waals surface area contributed by atoms with Gasteiger partial charge in [-0.25, -0.2) is 0 Å². The maximum Gasteiger partial charge on any atom is 0.275 e. The van der Waals surface area contributed by atoms with Crippen molar-refractivity contribution in [3.05, 3.63) is 28.3 Å². The molecule has 0 aliphatic heterocycles. The number of nitro benzene ring substituents is 1.